The lowest BCUT2D eigenvalue weighted by molar-refractivity contribution is 0.0982. The molecule has 1 heterocycles. The summed E-state index contributed by atoms with van der Waals surface area (Å²) >= 11 is 0. The SMILES string of the molecule is C=C(/C(C)=C/C1=NC(C)(C(=C)CO)C(C)(COC)c2c(C)cc(C)cc21)C(C)C. The Balaban J connectivity index is 2.90. The highest BCUT2D eigenvalue weighted by atomic mass is 16.5. The van der Waals surface area contributed by atoms with Crippen LogP contribution in [0.4, 0.5) is 0 Å². The fourth-order valence-electron chi connectivity index (χ4n) is 4.56. The number of fused-ring (bicyclic) bond motifs is 1. The summed E-state index contributed by atoms with van der Waals surface area (Å²) in [6.07, 6.45) is 2.13. The van der Waals surface area contributed by atoms with Gasteiger partial charge >= 0.3 is 0 Å². The molecule has 2 unspecified atom stereocenters. The van der Waals surface area contributed by atoms with Crippen molar-refractivity contribution in [1.29, 1.82) is 0 Å². The summed E-state index contributed by atoms with van der Waals surface area (Å²) in [6, 6.07) is 4.42. The lowest BCUT2D eigenvalue weighted by Crippen LogP contribution is -2.54. The summed E-state index contributed by atoms with van der Waals surface area (Å²) in [7, 11) is 1.71. The molecule has 0 spiro atoms. The molecule has 0 saturated carbocycles. The van der Waals surface area contributed by atoms with Crippen LogP contribution in [0.25, 0.3) is 0 Å². The number of ether oxygens (including phenoxy) is 1. The van der Waals surface area contributed by atoms with E-state index >= 15 is 0 Å². The Hall–Kier alpha value is -1.97. The zero-order valence-corrected chi connectivity index (χ0v) is 19.4. The van der Waals surface area contributed by atoms with E-state index in [4.69, 9.17) is 9.73 Å². The molecule has 3 heteroatoms. The molecule has 3 nitrogen and oxygen atoms in total. The van der Waals surface area contributed by atoms with Crippen molar-refractivity contribution < 1.29 is 9.84 Å². The topological polar surface area (TPSA) is 41.8 Å². The van der Waals surface area contributed by atoms with E-state index in [0.717, 1.165) is 22.4 Å². The minimum atomic E-state index is -0.698. The first kappa shape index (κ1) is 23.3. The maximum Gasteiger partial charge on any atom is 0.0931 e. The molecule has 0 saturated heterocycles. The highest BCUT2D eigenvalue weighted by molar-refractivity contribution is 6.12. The number of rotatable bonds is 7. The van der Waals surface area contributed by atoms with Gasteiger partial charge in [0.05, 0.1) is 24.5 Å². The number of aliphatic hydroxyl groups is 1. The Morgan fingerprint density at radius 3 is 2.38 bits per heavy atom. The minimum Gasteiger partial charge on any atom is -0.392 e. The number of aliphatic imine (C=N–C) groups is 1. The van der Waals surface area contributed by atoms with Crippen molar-refractivity contribution in [3.63, 3.8) is 0 Å². The highest BCUT2D eigenvalue weighted by Crippen LogP contribution is 2.49. The molecule has 0 aliphatic carbocycles. The molecule has 1 aliphatic heterocycles. The summed E-state index contributed by atoms with van der Waals surface area (Å²) < 4.78 is 5.68. The smallest absolute Gasteiger partial charge is 0.0931 e. The molecular formula is C26H37NO2. The summed E-state index contributed by atoms with van der Waals surface area (Å²) in [5, 5.41) is 10.0. The van der Waals surface area contributed by atoms with Crippen molar-refractivity contribution in [2.75, 3.05) is 20.3 Å². The van der Waals surface area contributed by atoms with Crippen LogP contribution in [0.2, 0.25) is 0 Å². The normalized spacial score (nSPS) is 24.3. The van der Waals surface area contributed by atoms with E-state index in [1.165, 1.54) is 16.7 Å². The van der Waals surface area contributed by atoms with Gasteiger partial charge in [0.1, 0.15) is 0 Å². The summed E-state index contributed by atoms with van der Waals surface area (Å²) in [4.78, 5) is 5.22. The number of methoxy groups -OCH3 is 1. The molecule has 158 valence electrons. The average Bonchev–Trinajstić information content (AvgIpc) is 2.64. The molecule has 0 bridgehead atoms. The fourth-order valence-corrected chi connectivity index (χ4v) is 4.56. The van der Waals surface area contributed by atoms with E-state index in [1.807, 2.05) is 0 Å². The van der Waals surface area contributed by atoms with Gasteiger partial charge in [-0.3, -0.25) is 4.99 Å². The molecule has 29 heavy (non-hydrogen) atoms. The van der Waals surface area contributed by atoms with Crippen LogP contribution >= 0.6 is 0 Å². The largest absolute Gasteiger partial charge is 0.392 e. The van der Waals surface area contributed by atoms with Crippen molar-refractivity contribution in [2.45, 2.75) is 59.4 Å². The van der Waals surface area contributed by atoms with Crippen molar-refractivity contribution in [2.24, 2.45) is 10.9 Å². The molecular weight excluding hydrogens is 358 g/mol. The molecule has 1 aromatic carbocycles. The molecule has 0 aromatic heterocycles. The summed E-state index contributed by atoms with van der Waals surface area (Å²) in [6.45, 7) is 23.7. The molecule has 1 aliphatic rings. The predicted molar refractivity (Wildman–Crippen MR) is 124 cm³/mol. The lowest BCUT2D eigenvalue weighted by Gasteiger charge is -2.49. The van der Waals surface area contributed by atoms with E-state index < -0.39 is 11.0 Å². The first-order chi connectivity index (χ1) is 13.4. The first-order valence-corrected chi connectivity index (χ1v) is 10.3. The van der Waals surface area contributed by atoms with Crippen molar-refractivity contribution in [3.05, 3.63) is 70.3 Å². The Morgan fingerprint density at radius 1 is 1.24 bits per heavy atom. The van der Waals surface area contributed by atoms with Gasteiger partial charge in [-0.15, -0.1) is 0 Å². The van der Waals surface area contributed by atoms with Crippen LogP contribution in [-0.2, 0) is 10.2 Å². The molecule has 0 fully saturated rings. The van der Waals surface area contributed by atoms with Gasteiger partial charge in [-0.05, 0) is 73.6 Å². The van der Waals surface area contributed by atoms with Crippen molar-refractivity contribution in [3.8, 4) is 0 Å². The van der Waals surface area contributed by atoms with Crippen LogP contribution in [0, 0.1) is 19.8 Å². The van der Waals surface area contributed by atoms with Gasteiger partial charge in [-0.25, -0.2) is 0 Å². The molecule has 0 amide bonds. The second-order valence-electron chi connectivity index (χ2n) is 9.11. The number of aliphatic hydroxyl groups excluding tert-OH is 1. The third-order valence-corrected chi connectivity index (χ3v) is 6.60. The third kappa shape index (κ3) is 3.91. The molecule has 2 rings (SSSR count). The van der Waals surface area contributed by atoms with Crippen LogP contribution in [0.15, 0.2) is 53.1 Å². The number of benzene rings is 1. The molecule has 0 radical (unpaired) electrons. The standard InChI is InChI=1S/C26H37NO2/c1-16(2)21(7)18(4)13-23-22-12-17(3)11-19(5)24(22)25(8,15-29-10)26(9,27-23)20(6)14-28/h11-13,16,28H,6-7,14-15H2,1-5,8-10H3/b18-13+. The van der Waals surface area contributed by atoms with Gasteiger partial charge in [0.2, 0.25) is 0 Å². The Bertz CT molecular complexity index is 890. The Labute approximate surface area is 176 Å². The fraction of sp³-hybridized carbons (Fsp3) is 0.500. The second kappa shape index (κ2) is 8.41. The van der Waals surface area contributed by atoms with Gasteiger partial charge in [0, 0.05) is 18.1 Å². The number of nitrogens with zero attached hydrogens (tertiary/aromatic N) is 1. The third-order valence-electron chi connectivity index (χ3n) is 6.60. The maximum absolute atomic E-state index is 10.0. The van der Waals surface area contributed by atoms with Crippen LogP contribution in [0.1, 0.15) is 56.9 Å². The zero-order valence-electron chi connectivity index (χ0n) is 19.4. The van der Waals surface area contributed by atoms with E-state index in [2.05, 4.69) is 79.8 Å². The van der Waals surface area contributed by atoms with Gasteiger partial charge in [-0.1, -0.05) is 45.6 Å². The molecule has 1 aromatic rings. The van der Waals surface area contributed by atoms with Gasteiger partial charge in [0.15, 0.2) is 0 Å². The van der Waals surface area contributed by atoms with E-state index in [9.17, 15) is 5.11 Å². The van der Waals surface area contributed by atoms with E-state index in [0.29, 0.717) is 18.1 Å². The maximum atomic E-state index is 10.0. The van der Waals surface area contributed by atoms with Crippen molar-refractivity contribution in [1.82, 2.24) is 0 Å². The summed E-state index contributed by atoms with van der Waals surface area (Å²) in [5.41, 5.74) is 7.43. The van der Waals surface area contributed by atoms with E-state index in [-0.39, 0.29) is 6.61 Å². The quantitative estimate of drug-likeness (QED) is 0.491. The number of allylic oxidation sites excluding steroid dienone is 3. The number of hydrogen-bond donors (Lipinski definition) is 1. The van der Waals surface area contributed by atoms with Crippen molar-refractivity contribution >= 4 is 5.71 Å². The Morgan fingerprint density at radius 2 is 1.86 bits per heavy atom. The van der Waals surface area contributed by atoms with Crippen LogP contribution < -0.4 is 0 Å². The number of hydrogen-bond acceptors (Lipinski definition) is 3. The second-order valence-corrected chi connectivity index (χ2v) is 9.11. The van der Waals surface area contributed by atoms with Gasteiger partial charge in [0.25, 0.3) is 0 Å². The minimum absolute atomic E-state index is 0.117. The van der Waals surface area contributed by atoms with Gasteiger partial charge < -0.3 is 9.84 Å². The first-order valence-electron chi connectivity index (χ1n) is 10.3. The molecule has 1 N–H and O–H groups in total. The van der Waals surface area contributed by atoms with E-state index in [1.54, 1.807) is 7.11 Å². The van der Waals surface area contributed by atoms with Crippen LogP contribution in [-0.4, -0.2) is 36.7 Å². The lowest BCUT2D eigenvalue weighted by atomic mass is 9.60. The van der Waals surface area contributed by atoms with Crippen LogP contribution in [0.3, 0.4) is 0 Å². The number of aryl methyl sites for hydroxylation is 2. The predicted octanol–water partition coefficient (Wildman–Crippen LogP) is 5.48. The van der Waals surface area contributed by atoms with Gasteiger partial charge in [-0.2, -0.15) is 0 Å². The van der Waals surface area contributed by atoms with Crippen LogP contribution in [0.5, 0.6) is 0 Å². The Kier molecular flexibility index (Phi) is 6.76. The highest BCUT2D eigenvalue weighted by Gasteiger charge is 2.52. The monoisotopic (exact) mass is 395 g/mol. The summed E-state index contributed by atoms with van der Waals surface area (Å²) in [5.74, 6) is 0.367. The average molecular weight is 396 g/mol. The zero-order chi connectivity index (χ0) is 22.1. The molecule has 2 atom stereocenters.